The standard InChI is InChI=1S/C21H16ClN3O4/c1-23-20(27)18-17(3-2-12-24-18)29-16-10-4-13(5-11-16)19(26)21(28)25-15-8-6-14(22)7-9-15/h2-12H,1H3,(H,23,27)(H,25,28). The Hall–Kier alpha value is -3.71. The number of anilines is 1. The minimum absolute atomic E-state index is 0.137. The van der Waals surface area contributed by atoms with Crippen LogP contribution >= 0.6 is 11.6 Å². The van der Waals surface area contributed by atoms with Crippen LogP contribution in [0, 0.1) is 0 Å². The maximum absolute atomic E-state index is 12.3. The Bertz CT molecular complexity index is 1050. The molecule has 8 heteroatoms. The summed E-state index contributed by atoms with van der Waals surface area (Å²) in [6.07, 6.45) is 1.48. The molecule has 0 saturated heterocycles. The van der Waals surface area contributed by atoms with Crippen molar-refractivity contribution >= 4 is 34.9 Å². The van der Waals surface area contributed by atoms with E-state index in [0.717, 1.165) is 0 Å². The van der Waals surface area contributed by atoms with Crippen molar-refractivity contribution in [1.82, 2.24) is 10.3 Å². The minimum Gasteiger partial charge on any atom is -0.455 e. The average Bonchev–Trinajstić information content (AvgIpc) is 2.75. The Morgan fingerprint density at radius 2 is 1.66 bits per heavy atom. The first-order valence-electron chi connectivity index (χ1n) is 8.54. The van der Waals surface area contributed by atoms with Gasteiger partial charge in [0.1, 0.15) is 5.75 Å². The van der Waals surface area contributed by atoms with Gasteiger partial charge in [0, 0.05) is 29.5 Å². The van der Waals surface area contributed by atoms with E-state index in [0.29, 0.717) is 16.5 Å². The fourth-order valence-electron chi connectivity index (χ4n) is 2.42. The highest BCUT2D eigenvalue weighted by Crippen LogP contribution is 2.24. The highest BCUT2D eigenvalue weighted by molar-refractivity contribution is 6.46. The first kappa shape index (κ1) is 20.0. The molecule has 0 radical (unpaired) electrons. The molecule has 0 atom stereocenters. The van der Waals surface area contributed by atoms with E-state index < -0.39 is 11.7 Å². The van der Waals surface area contributed by atoms with Gasteiger partial charge < -0.3 is 15.4 Å². The summed E-state index contributed by atoms with van der Waals surface area (Å²) >= 11 is 5.80. The molecule has 0 aliphatic rings. The van der Waals surface area contributed by atoms with E-state index in [1.807, 2.05) is 0 Å². The smallest absolute Gasteiger partial charge is 0.296 e. The molecular formula is C21H16ClN3O4. The lowest BCUT2D eigenvalue weighted by Gasteiger charge is -2.10. The van der Waals surface area contributed by atoms with Gasteiger partial charge in [-0.05, 0) is 60.7 Å². The van der Waals surface area contributed by atoms with Crippen LogP contribution in [0.1, 0.15) is 20.8 Å². The Morgan fingerprint density at radius 1 is 0.966 bits per heavy atom. The third-order valence-electron chi connectivity index (χ3n) is 3.87. The molecule has 7 nitrogen and oxygen atoms in total. The largest absolute Gasteiger partial charge is 0.455 e. The molecule has 0 aliphatic carbocycles. The van der Waals surface area contributed by atoms with Gasteiger partial charge in [0.2, 0.25) is 0 Å². The maximum atomic E-state index is 12.3. The molecule has 146 valence electrons. The number of Topliss-reactive ketones (excluding diaryl/α,β-unsaturated/α-hetero) is 1. The molecule has 0 aliphatic heterocycles. The summed E-state index contributed by atoms with van der Waals surface area (Å²) in [7, 11) is 1.50. The third-order valence-corrected chi connectivity index (χ3v) is 4.12. The second-order valence-electron chi connectivity index (χ2n) is 5.85. The Morgan fingerprint density at radius 3 is 2.31 bits per heavy atom. The average molecular weight is 410 g/mol. The first-order chi connectivity index (χ1) is 14.0. The number of pyridine rings is 1. The first-order valence-corrected chi connectivity index (χ1v) is 8.92. The van der Waals surface area contributed by atoms with Crippen LogP contribution in [0.5, 0.6) is 11.5 Å². The molecule has 3 rings (SSSR count). The van der Waals surface area contributed by atoms with Gasteiger partial charge in [0.05, 0.1) is 0 Å². The highest BCUT2D eigenvalue weighted by Gasteiger charge is 2.17. The van der Waals surface area contributed by atoms with E-state index in [1.165, 1.54) is 37.5 Å². The molecule has 0 saturated carbocycles. The van der Waals surface area contributed by atoms with Gasteiger partial charge in [0.15, 0.2) is 11.4 Å². The van der Waals surface area contributed by atoms with Gasteiger partial charge in [-0.25, -0.2) is 4.98 Å². The Kier molecular flexibility index (Phi) is 6.21. The number of ether oxygens (including phenoxy) is 1. The van der Waals surface area contributed by atoms with Crippen LogP contribution in [0.3, 0.4) is 0 Å². The molecular weight excluding hydrogens is 394 g/mol. The van der Waals surface area contributed by atoms with E-state index in [1.54, 1.807) is 36.4 Å². The summed E-state index contributed by atoms with van der Waals surface area (Å²) in [5.74, 6) is -1.19. The number of hydrogen-bond acceptors (Lipinski definition) is 5. The van der Waals surface area contributed by atoms with Gasteiger partial charge >= 0.3 is 0 Å². The zero-order chi connectivity index (χ0) is 20.8. The molecule has 0 unspecified atom stereocenters. The topological polar surface area (TPSA) is 97.4 Å². The normalized spacial score (nSPS) is 10.1. The van der Waals surface area contributed by atoms with Gasteiger partial charge in [-0.1, -0.05) is 11.6 Å². The second kappa shape index (κ2) is 8.99. The number of benzene rings is 2. The van der Waals surface area contributed by atoms with Crippen LogP contribution < -0.4 is 15.4 Å². The molecule has 0 fully saturated rings. The summed E-state index contributed by atoms with van der Waals surface area (Å²) in [5, 5.41) is 5.53. The number of halogens is 1. The van der Waals surface area contributed by atoms with Crippen molar-refractivity contribution < 1.29 is 19.1 Å². The zero-order valence-electron chi connectivity index (χ0n) is 15.3. The van der Waals surface area contributed by atoms with E-state index in [9.17, 15) is 14.4 Å². The second-order valence-corrected chi connectivity index (χ2v) is 6.28. The van der Waals surface area contributed by atoms with Crippen molar-refractivity contribution in [3.8, 4) is 11.5 Å². The fourth-order valence-corrected chi connectivity index (χ4v) is 2.54. The highest BCUT2D eigenvalue weighted by atomic mass is 35.5. The number of hydrogen-bond donors (Lipinski definition) is 2. The van der Waals surface area contributed by atoms with Crippen molar-refractivity contribution in [2.24, 2.45) is 0 Å². The SMILES string of the molecule is CNC(=O)c1ncccc1Oc1ccc(C(=O)C(=O)Nc2ccc(Cl)cc2)cc1. The summed E-state index contributed by atoms with van der Waals surface area (Å²) in [6.45, 7) is 0. The number of nitrogens with zero attached hydrogens (tertiary/aromatic N) is 1. The predicted molar refractivity (Wildman–Crippen MR) is 109 cm³/mol. The molecule has 0 bridgehead atoms. The number of nitrogens with one attached hydrogen (secondary N) is 2. The lowest BCUT2D eigenvalue weighted by Crippen LogP contribution is -2.22. The van der Waals surface area contributed by atoms with Crippen LogP contribution in [-0.4, -0.2) is 29.6 Å². The molecule has 1 heterocycles. The zero-order valence-corrected chi connectivity index (χ0v) is 16.1. The quantitative estimate of drug-likeness (QED) is 0.477. The predicted octanol–water partition coefficient (Wildman–Crippen LogP) is 3.71. The minimum atomic E-state index is -0.768. The van der Waals surface area contributed by atoms with E-state index in [4.69, 9.17) is 16.3 Å². The van der Waals surface area contributed by atoms with Crippen molar-refractivity contribution in [2.45, 2.75) is 0 Å². The molecule has 1 aromatic heterocycles. The Labute approximate surface area is 171 Å². The molecule has 2 amide bonds. The molecule has 2 N–H and O–H groups in total. The summed E-state index contributed by atoms with van der Waals surface area (Å²) in [6, 6.07) is 15.7. The van der Waals surface area contributed by atoms with E-state index in [-0.39, 0.29) is 22.9 Å². The molecule has 29 heavy (non-hydrogen) atoms. The number of aromatic nitrogens is 1. The van der Waals surface area contributed by atoms with Crippen LogP contribution in [0.15, 0.2) is 66.9 Å². The number of carbonyl (C=O) groups excluding carboxylic acids is 3. The number of ketones is 1. The molecule has 3 aromatic rings. The van der Waals surface area contributed by atoms with Crippen LogP contribution in [0.25, 0.3) is 0 Å². The van der Waals surface area contributed by atoms with Gasteiger partial charge in [-0.15, -0.1) is 0 Å². The summed E-state index contributed by atoms with van der Waals surface area (Å²) < 4.78 is 5.69. The number of amides is 2. The fraction of sp³-hybridized carbons (Fsp3) is 0.0476. The molecule has 0 spiro atoms. The van der Waals surface area contributed by atoms with Crippen LogP contribution in [0.4, 0.5) is 5.69 Å². The van der Waals surface area contributed by atoms with Crippen LogP contribution in [-0.2, 0) is 4.79 Å². The monoisotopic (exact) mass is 409 g/mol. The summed E-state index contributed by atoms with van der Waals surface area (Å²) in [5.41, 5.74) is 0.796. The van der Waals surface area contributed by atoms with Crippen molar-refractivity contribution in [3.05, 3.63) is 83.1 Å². The van der Waals surface area contributed by atoms with Crippen molar-refractivity contribution in [3.63, 3.8) is 0 Å². The van der Waals surface area contributed by atoms with E-state index in [2.05, 4.69) is 15.6 Å². The maximum Gasteiger partial charge on any atom is 0.296 e. The lowest BCUT2D eigenvalue weighted by atomic mass is 10.1. The van der Waals surface area contributed by atoms with Crippen molar-refractivity contribution in [2.75, 3.05) is 12.4 Å². The van der Waals surface area contributed by atoms with Gasteiger partial charge in [-0.2, -0.15) is 0 Å². The lowest BCUT2D eigenvalue weighted by molar-refractivity contribution is -0.112. The van der Waals surface area contributed by atoms with Crippen LogP contribution in [0.2, 0.25) is 5.02 Å². The van der Waals surface area contributed by atoms with Crippen molar-refractivity contribution in [1.29, 1.82) is 0 Å². The summed E-state index contributed by atoms with van der Waals surface area (Å²) in [4.78, 5) is 40.3. The van der Waals surface area contributed by atoms with Gasteiger partial charge in [0.25, 0.3) is 17.6 Å². The van der Waals surface area contributed by atoms with Gasteiger partial charge in [-0.3, -0.25) is 14.4 Å². The Balaban J connectivity index is 1.70. The van der Waals surface area contributed by atoms with E-state index >= 15 is 0 Å². The third kappa shape index (κ3) is 4.97. The number of rotatable bonds is 6. The molecule has 2 aromatic carbocycles. The number of carbonyl (C=O) groups is 3.